The first kappa shape index (κ1) is 18.5. The molecule has 30 heavy (non-hydrogen) atoms. The van der Waals surface area contributed by atoms with E-state index in [0.29, 0.717) is 11.4 Å². The minimum absolute atomic E-state index is 0.107. The second-order valence-corrected chi connectivity index (χ2v) is 7.50. The first-order valence-electron chi connectivity index (χ1n) is 9.37. The molecular formula is C23H15ClFN3O2. The van der Waals surface area contributed by atoms with Gasteiger partial charge in [0, 0.05) is 5.02 Å². The Bertz CT molecular complexity index is 1180. The zero-order valence-electron chi connectivity index (χ0n) is 15.6. The van der Waals surface area contributed by atoms with Crippen molar-refractivity contribution < 1.29 is 14.0 Å². The highest BCUT2D eigenvalue weighted by atomic mass is 35.5. The summed E-state index contributed by atoms with van der Waals surface area (Å²) in [6.45, 7) is 0. The molecule has 0 saturated carbocycles. The van der Waals surface area contributed by atoms with Gasteiger partial charge in [0.2, 0.25) is 5.91 Å². The number of imide groups is 1. The molecule has 0 aliphatic carbocycles. The van der Waals surface area contributed by atoms with E-state index in [1.807, 2.05) is 60.7 Å². The standard InChI is InChI=1S/C23H15ClFN3O2/c24-15-11-12-18(17(25)13-15)27-22(29)19-20(14-7-3-1-4-8-14)26-28(21(19)23(27)30)16-9-5-2-6-10-16/h1-13,19,21H. The first-order valence-corrected chi connectivity index (χ1v) is 9.75. The van der Waals surface area contributed by atoms with Crippen molar-refractivity contribution in [3.05, 3.63) is 95.3 Å². The summed E-state index contributed by atoms with van der Waals surface area (Å²) in [6.07, 6.45) is 0. The molecule has 5 rings (SSSR count). The van der Waals surface area contributed by atoms with Crippen molar-refractivity contribution in [3.8, 4) is 0 Å². The zero-order chi connectivity index (χ0) is 20.8. The Morgan fingerprint density at radius 1 is 0.867 bits per heavy atom. The van der Waals surface area contributed by atoms with Crippen molar-refractivity contribution in [1.29, 1.82) is 0 Å². The van der Waals surface area contributed by atoms with E-state index in [0.717, 1.165) is 16.5 Å². The summed E-state index contributed by atoms with van der Waals surface area (Å²) in [6, 6.07) is 21.4. The first-order chi connectivity index (χ1) is 14.6. The van der Waals surface area contributed by atoms with Gasteiger partial charge in [-0.1, -0.05) is 60.1 Å². The zero-order valence-corrected chi connectivity index (χ0v) is 16.3. The maximum Gasteiger partial charge on any atom is 0.260 e. The fourth-order valence-corrected chi connectivity index (χ4v) is 4.11. The normalized spacial score (nSPS) is 20.5. The number of amides is 2. The van der Waals surface area contributed by atoms with Gasteiger partial charge in [0.15, 0.2) is 0 Å². The van der Waals surface area contributed by atoms with Gasteiger partial charge in [-0.05, 0) is 35.9 Å². The molecule has 0 spiro atoms. The van der Waals surface area contributed by atoms with E-state index in [1.54, 1.807) is 5.01 Å². The van der Waals surface area contributed by atoms with Crippen molar-refractivity contribution in [2.75, 3.05) is 9.91 Å². The van der Waals surface area contributed by atoms with Crippen molar-refractivity contribution >= 4 is 40.5 Å². The van der Waals surface area contributed by atoms with Crippen molar-refractivity contribution in [2.45, 2.75) is 6.04 Å². The molecule has 0 radical (unpaired) electrons. The molecule has 3 aromatic rings. The number of hydrazone groups is 1. The number of fused-ring (bicyclic) bond motifs is 1. The second kappa shape index (κ2) is 7.07. The lowest BCUT2D eigenvalue weighted by molar-refractivity contribution is -0.121. The van der Waals surface area contributed by atoms with Gasteiger partial charge < -0.3 is 0 Å². The maximum absolute atomic E-state index is 14.6. The number of nitrogens with zero attached hydrogens (tertiary/aromatic N) is 3. The van der Waals surface area contributed by atoms with E-state index in [4.69, 9.17) is 11.6 Å². The largest absolute Gasteiger partial charge is 0.273 e. The third kappa shape index (κ3) is 2.80. The highest BCUT2D eigenvalue weighted by Gasteiger charge is 2.57. The van der Waals surface area contributed by atoms with Crippen LogP contribution in [0.4, 0.5) is 15.8 Å². The third-order valence-electron chi connectivity index (χ3n) is 5.29. The molecule has 148 valence electrons. The fraction of sp³-hybridized carbons (Fsp3) is 0.0870. The van der Waals surface area contributed by atoms with Crippen molar-refractivity contribution in [1.82, 2.24) is 0 Å². The molecule has 2 aliphatic heterocycles. The van der Waals surface area contributed by atoms with Gasteiger partial charge in [0.25, 0.3) is 5.91 Å². The quantitative estimate of drug-likeness (QED) is 0.596. The van der Waals surface area contributed by atoms with Crippen LogP contribution >= 0.6 is 11.6 Å². The van der Waals surface area contributed by atoms with Crippen LogP contribution in [0.5, 0.6) is 0 Å². The summed E-state index contributed by atoms with van der Waals surface area (Å²) in [5, 5.41) is 6.39. The summed E-state index contributed by atoms with van der Waals surface area (Å²) in [5.74, 6) is -2.60. The van der Waals surface area contributed by atoms with Gasteiger partial charge in [0.05, 0.1) is 17.1 Å². The number of anilines is 2. The second-order valence-electron chi connectivity index (χ2n) is 7.06. The average molecular weight is 420 g/mol. The van der Waals surface area contributed by atoms with Gasteiger partial charge >= 0.3 is 0 Å². The summed E-state index contributed by atoms with van der Waals surface area (Å²) < 4.78 is 14.6. The fourth-order valence-electron chi connectivity index (χ4n) is 3.96. The summed E-state index contributed by atoms with van der Waals surface area (Å²) in [5.41, 5.74) is 1.80. The molecule has 5 nitrogen and oxygen atoms in total. The minimum Gasteiger partial charge on any atom is -0.273 e. The Kier molecular flexibility index (Phi) is 4.37. The monoisotopic (exact) mass is 419 g/mol. The molecule has 2 aliphatic rings. The molecule has 7 heteroatoms. The summed E-state index contributed by atoms with van der Waals surface area (Å²) >= 11 is 5.84. The average Bonchev–Trinajstić information content (AvgIpc) is 3.27. The van der Waals surface area contributed by atoms with Gasteiger partial charge in [-0.25, -0.2) is 9.29 Å². The third-order valence-corrected chi connectivity index (χ3v) is 5.53. The Morgan fingerprint density at radius 3 is 2.20 bits per heavy atom. The number of rotatable bonds is 3. The lowest BCUT2D eigenvalue weighted by atomic mass is 9.93. The Morgan fingerprint density at radius 2 is 1.53 bits per heavy atom. The Hall–Kier alpha value is -3.51. The molecule has 2 heterocycles. The van der Waals surface area contributed by atoms with Crippen LogP contribution in [0.25, 0.3) is 0 Å². The van der Waals surface area contributed by atoms with Crippen LogP contribution in [-0.2, 0) is 9.59 Å². The van der Waals surface area contributed by atoms with Crippen LogP contribution < -0.4 is 9.91 Å². The SMILES string of the molecule is O=C1C2C(c3ccccc3)=NN(c3ccccc3)C2C(=O)N1c1ccc(Cl)cc1F. The molecule has 3 aromatic carbocycles. The number of hydrogen-bond donors (Lipinski definition) is 0. The molecule has 1 saturated heterocycles. The van der Waals surface area contributed by atoms with Crippen LogP contribution in [0, 0.1) is 11.7 Å². The minimum atomic E-state index is -0.884. The van der Waals surface area contributed by atoms with E-state index in [2.05, 4.69) is 5.10 Å². The smallest absolute Gasteiger partial charge is 0.260 e. The predicted octanol–water partition coefficient (Wildman–Crippen LogP) is 4.26. The van der Waals surface area contributed by atoms with E-state index in [1.165, 1.54) is 12.1 Å². The number of halogens is 2. The number of carbonyl (C=O) groups excluding carboxylic acids is 2. The van der Waals surface area contributed by atoms with E-state index < -0.39 is 29.6 Å². The maximum atomic E-state index is 14.6. The van der Waals surface area contributed by atoms with Gasteiger partial charge in [-0.3, -0.25) is 14.6 Å². The molecule has 2 unspecified atom stereocenters. The number of benzene rings is 3. The topological polar surface area (TPSA) is 53.0 Å². The van der Waals surface area contributed by atoms with Crippen LogP contribution in [0.3, 0.4) is 0 Å². The van der Waals surface area contributed by atoms with Crippen LogP contribution in [0.1, 0.15) is 5.56 Å². The molecule has 2 amide bonds. The number of hydrogen-bond acceptors (Lipinski definition) is 4. The predicted molar refractivity (Wildman–Crippen MR) is 113 cm³/mol. The summed E-state index contributed by atoms with van der Waals surface area (Å²) in [7, 11) is 0. The molecule has 1 fully saturated rings. The Balaban J connectivity index is 1.65. The molecule has 2 atom stereocenters. The van der Waals surface area contributed by atoms with Crippen LogP contribution in [-0.4, -0.2) is 23.6 Å². The van der Waals surface area contributed by atoms with Gasteiger partial charge in [-0.15, -0.1) is 0 Å². The van der Waals surface area contributed by atoms with Crippen molar-refractivity contribution in [3.63, 3.8) is 0 Å². The van der Waals surface area contributed by atoms with Gasteiger partial charge in [0.1, 0.15) is 17.8 Å². The molecule has 0 bridgehead atoms. The molecular weight excluding hydrogens is 405 g/mol. The van der Waals surface area contributed by atoms with Crippen molar-refractivity contribution in [2.24, 2.45) is 11.0 Å². The van der Waals surface area contributed by atoms with E-state index >= 15 is 0 Å². The van der Waals surface area contributed by atoms with Gasteiger partial charge in [-0.2, -0.15) is 5.10 Å². The highest BCUT2D eigenvalue weighted by Crippen LogP contribution is 2.40. The number of para-hydroxylation sites is 1. The highest BCUT2D eigenvalue weighted by molar-refractivity contribution is 6.34. The number of carbonyl (C=O) groups is 2. The molecule has 0 aromatic heterocycles. The lowest BCUT2D eigenvalue weighted by Crippen LogP contribution is -2.39. The molecule has 0 N–H and O–H groups in total. The van der Waals surface area contributed by atoms with E-state index in [9.17, 15) is 14.0 Å². The lowest BCUT2D eigenvalue weighted by Gasteiger charge is -2.22. The van der Waals surface area contributed by atoms with E-state index in [-0.39, 0.29) is 10.7 Å². The summed E-state index contributed by atoms with van der Waals surface area (Å²) in [4.78, 5) is 27.7. The Labute approximate surface area is 177 Å². The van der Waals surface area contributed by atoms with Crippen LogP contribution in [0.2, 0.25) is 5.02 Å². The van der Waals surface area contributed by atoms with Crippen LogP contribution in [0.15, 0.2) is 84.0 Å².